The molecule has 2 heteroatoms. The Bertz CT molecular complexity index is 163. The highest BCUT2D eigenvalue weighted by atomic mass is 16.9. The van der Waals surface area contributed by atoms with E-state index in [2.05, 4.69) is 6.92 Å². The van der Waals surface area contributed by atoms with Crippen LogP contribution in [-0.4, -0.2) is 18.5 Å². The van der Waals surface area contributed by atoms with Gasteiger partial charge in [-0.2, -0.15) is 0 Å². The van der Waals surface area contributed by atoms with Gasteiger partial charge in [0.25, 0.3) is 0 Å². The fourth-order valence-corrected chi connectivity index (χ4v) is 1.92. The molecule has 2 aliphatic rings. The Morgan fingerprint density at radius 3 is 2.46 bits per heavy atom. The second kappa shape index (κ2) is 3.97. The van der Waals surface area contributed by atoms with E-state index in [4.69, 9.17) is 9.47 Å². The zero-order chi connectivity index (χ0) is 9.15. The quantitative estimate of drug-likeness (QED) is 0.449. The summed E-state index contributed by atoms with van der Waals surface area (Å²) in [6, 6.07) is 0. The minimum Gasteiger partial charge on any atom is -0.340 e. The van der Waals surface area contributed by atoms with E-state index in [9.17, 15) is 0 Å². The average Bonchev–Trinajstić information content (AvgIpc) is 3.02. The second-order valence-corrected chi connectivity index (χ2v) is 4.26. The fraction of sp³-hybridized carbons (Fsp3) is 1.00. The largest absolute Gasteiger partial charge is 0.340 e. The first-order valence-electron chi connectivity index (χ1n) is 5.69. The molecule has 2 aliphatic heterocycles. The maximum atomic E-state index is 5.42. The molecule has 0 N–H and O–H groups in total. The van der Waals surface area contributed by atoms with Crippen molar-refractivity contribution < 1.29 is 9.47 Å². The molecular formula is C11H20O2. The normalized spacial score (nSPS) is 35.3. The number of rotatable bonds is 7. The summed E-state index contributed by atoms with van der Waals surface area (Å²) in [5, 5.41) is 0. The Morgan fingerprint density at radius 2 is 1.85 bits per heavy atom. The predicted octanol–water partition coefficient (Wildman–Crippen LogP) is 2.86. The van der Waals surface area contributed by atoms with E-state index in [1.54, 1.807) is 0 Å². The summed E-state index contributed by atoms with van der Waals surface area (Å²) >= 11 is 0. The SMILES string of the molecule is CCCCCCCC[C@@H]1O[C@@]12CO2. The van der Waals surface area contributed by atoms with Crippen molar-refractivity contribution in [1.82, 2.24) is 0 Å². The third kappa shape index (κ3) is 2.44. The van der Waals surface area contributed by atoms with Crippen LogP contribution in [-0.2, 0) is 9.47 Å². The van der Waals surface area contributed by atoms with Gasteiger partial charge in [0.1, 0.15) is 12.7 Å². The molecule has 0 aromatic rings. The van der Waals surface area contributed by atoms with Crippen LogP contribution in [0, 0.1) is 0 Å². The summed E-state index contributed by atoms with van der Waals surface area (Å²) in [4.78, 5) is 0. The van der Waals surface area contributed by atoms with Gasteiger partial charge in [-0.05, 0) is 6.42 Å². The molecule has 2 atom stereocenters. The highest BCUT2D eigenvalue weighted by Gasteiger charge is 2.68. The lowest BCUT2D eigenvalue weighted by atomic mass is 10.1. The van der Waals surface area contributed by atoms with Crippen molar-refractivity contribution >= 4 is 0 Å². The Morgan fingerprint density at radius 1 is 1.15 bits per heavy atom. The lowest BCUT2D eigenvalue weighted by Crippen LogP contribution is -1.94. The second-order valence-electron chi connectivity index (χ2n) is 4.26. The van der Waals surface area contributed by atoms with Crippen molar-refractivity contribution in [3.8, 4) is 0 Å². The van der Waals surface area contributed by atoms with Crippen molar-refractivity contribution in [1.29, 1.82) is 0 Å². The van der Waals surface area contributed by atoms with Gasteiger partial charge in [0, 0.05) is 0 Å². The topological polar surface area (TPSA) is 25.1 Å². The summed E-state index contributed by atoms with van der Waals surface area (Å²) in [6.07, 6.45) is 9.90. The summed E-state index contributed by atoms with van der Waals surface area (Å²) in [5.74, 6) is -0.0383. The van der Waals surface area contributed by atoms with Crippen LogP contribution in [0.3, 0.4) is 0 Å². The van der Waals surface area contributed by atoms with E-state index in [0.29, 0.717) is 6.10 Å². The standard InChI is InChI=1S/C11H20O2/c1-2-3-4-5-6-7-8-10-11(13-10)9-12-11/h10H,2-9H2,1H3/t10-,11-/m0/s1. The summed E-state index contributed by atoms with van der Waals surface area (Å²) in [7, 11) is 0. The van der Waals surface area contributed by atoms with Crippen LogP contribution in [0.15, 0.2) is 0 Å². The van der Waals surface area contributed by atoms with Crippen LogP contribution in [0.1, 0.15) is 51.9 Å². The molecular weight excluding hydrogens is 164 g/mol. The smallest absolute Gasteiger partial charge is 0.219 e. The fourth-order valence-electron chi connectivity index (χ4n) is 1.92. The van der Waals surface area contributed by atoms with E-state index < -0.39 is 0 Å². The van der Waals surface area contributed by atoms with Crippen molar-refractivity contribution in [2.75, 3.05) is 6.61 Å². The van der Waals surface area contributed by atoms with Crippen LogP contribution in [0.4, 0.5) is 0 Å². The molecule has 2 rings (SSSR count). The lowest BCUT2D eigenvalue weighted by molar-refractivity contribution is 0.250. The van der Waals surface area contributed by atoms with Crippen LogP contribution in [0.25, 0.3) is 0 Å². The zero-order valence-corrected chi connectivity index (χ0v) is 8.55. The van der Waals surface area contributed by atoms with Crippen LogP contribution >= 0.6 is 0 Å². The number of hydrogen-bond donors (Lipinski definition) is 0. The molecule has 2 nitrogen and oxygen atoms in total. The van der Waals surface area contributed by atoms with E-state index in [1.807, 2.05) is 0 Å². The average molecular weight is 184 g/mol. The maximum absolute atomic E-state index is 5.42. The van der Waals surface area contributed by atoms with Gasteiger partial charge < -0.3 is 9.47 Å². The van der Waals surface area contributed by atoms with Gasteiger partial charge in [0.15, 0.2) is 0 Å². The predicted molar refractivity (Wildman–Crippen MR) is 51.5 cm³/mol. The van der Waals surface area contributed by atoms with Crippen LogP contribution in [0.5, 0.6) is 0 Å². The molecule has 0 saturated carbocycles. The van der Waals surface area contributed by atoms with Gasteiger partial charge in [-0.25, -0.2) is 0 Å². The van der Waals surface area contributed by atoms with Gasteiger partial charge >= 0.3 is 0 Å². The summed E-state index contributed by atoms with van der Waals surface area (Å²) in [6.45, 7) is 3.11. The number of hydrogen-bond acceptors (Lipinski definition) is 2. The van der Waals surface area contributed by atoms with E-state index in [-0.39, 0.29) is 5.79 Å². The highest BCUT2D eigenvalue weighted by molar-refractivity contribution is 5.03. The van der Waals surface area contributed by atoms with E-state index in [1.165, 1.54) is 44.9 Å². The maximum Gasteiger partial charge on any atom is 0.219 e. The first-order chi connectivity index (χ1) is 6.37. The van der Waals surface area contributed by atoms with E-state index in [0.717, 1.165) is 6.61 Å². The molecule has 0 aromatic heterocycles. The molecule has 0 aromatic carbocycles. The molecule has 1 spiro atoms. The van der Waals surface area contributed by atoms with Crippen molar-refractivity contribution in [2.45, 2.75) is 63.8 Å². The molecule has 0 unspecified atom stereocenters. The molecule has 76 valence electrons. The van der Waals surface area contributed by atoms with Crippen LogP contribution in [0.2, 0.25) is 0 Å². The Kier molecular flexibility index (Phi) is 2.89. The van der Waals surface area contributed by atoms with Gasteiger partial charge in [0.05, 0.1) is 0 Å². The summed E-state index contributed by atoms with van der Waals surface area (Å²) in [5.41, 5.74) is 0. The van der Waals surface area contributed by atoms with Gasteiger partial charge in [-0.15, -0.1) is 0 Å². The Balaban J connectivity index is 1.38. The Hall–Kier alpha value is -0.0800. The molecule has 2 saturated heterocycles. The molecule has 0 radical (unpaired) electrons. The highest BCUT2D eigenvalue weighted by Crippen LogP contribution is 2.50. The van der Waals surface area contributed by atoms with Crippen LogP contribution < -0.4 is 0 Å². The van der Waals surface area contributed by atoms with Crippen molar-refractivity contribution in [3.63, 3.8) is 0 Å². The number of unbranched alkanes of at least 4 members (excludes halogenated alkanes) is 5. The van der Waals surface area contributed by atoms with Gasteiger partial charge in [-0.1, -0.05) is 45.4 Å². The third-order valence-electron chi connectivity index (χ3n) is 3.02. The number of ether oxygens (including phenoxy) is 2. The van der Waals surface area contributed by atoms with Gasteiger partial charge in [-0.3, -0.25) is 0 Å². The number of epoxide rings is 2. The van der Waals surface area contributed by atoms with Crippen molar-refractivity contribution in [3.05, 3.63) is 0 Å². The first kappa shape index (κ1) is 9.47. The van der Waals surface area contributed by atoms with E-state index >= 15 is 0 Å². The molecule has 0 bridgehead atoms. The molecule has 0 aliphatic carbocycles. The third-order valence-corrected chi connectivity index (χ3v) is 3.02. The minimum absolute atomic E-state index is 0.0383. The summed E-state index contributed by atoms with van der Waals surface area (Å²) < 4.78 is 10.6. The molecule has 13 heavy (non-hydrogen) atoms. The molecule has 2 fully saturated rings. The lowest BCUT2D eigenvalue weighted by Gasteiger charge is -1.97. The minimum atomic E-state index is -0.0383. The molecule has 2 heterocycles. The zero-order valence-electron chi connectivity index (χ0n) is 8.55. The Labute approximate surface area is 80.6 Å². The monoisotopic (exact) mass is 184 g/mol. The first-order valence-corrected chi connectivity index (χ1v) is 5.69. The molecule has 0 amide bonds. The van der Waals surface area contributed by atoms with Gasteiger partial charge in [0.2, 0.25) is 5.79 Å². The van der Waals surface area contributed by atoms with Crippen molar-refractivity contribution in [2.24, 2.45) is 0 Å².